The number of oxime groups is 1. The molecule has 0 spiro atoms. The van der Waals surface area contributed by atoms with Gasteiger partial charge in [-0.15, -0.1) is 11.3 Å². The zero-order valence-electron chi connectivity index (χ0n) is 10.9. The predicted molar refractivity (Wildman–Crippen MR) is 78.1 cm³/mol. The smallest absolute Gasteiger partial charge is 0.273 e. The van der Waals surface area contributed by atoms with Gasteiger partial charge >= 0.3 is 0 Å². The fourth-order valence-corrected chi connectivity index (χ4v) is 3.79. The molecule has 2 N–H and O–H groups in total. The fraction of sp³-hybridized carbons (Fsp3) is 0.167. The SMILES string of the molecule is C/C(=N/O)c1ccccc1NS(=O)(=O)c1cnc(C)s1. The Bertz CT molecular complexity index is 751. The number of sulfonamides is 1. The number of hydrogen-bond donors (Lipinski definition) is 2. The zero-order valence-corrected chi connectivity index (χ0v) is 12.5. The fourth-order valence-electron chi connectivity index (χ4n) is 1.60. The predicted octanol–water partition coefficient (Wildman–Crippen LogP) is 2.45. The van der Waals surface area contributed by atoms with E-state index in [1.165, 1.54) is 6.20 Å². The number of nitrogens with zero attached hydrogens (tertiary/aromatic N) is 2. The maximum Gasteiger partial charge on any atom is 0.273 e. The Morgan fingerprint density at radius 2 is 2.10 bits per heavy atom. The molecule has 0 aliphatic carbocycles. The number of aryl methyl sites for hydroxylation is 1. The second-order valence-corrected chi connectivity index (χ2v) is 7.18. The summed E-state index contributed by atoms with van der Waals surface area (Å²) < 4.78 is 27.1. The Balaban J connectivity index is 2.40. The molecule has 0 bridgehead atoms. The van der Waals surface area contributed by atoms with Gasteiger partial charge in [0.2, 0.25) is 0 Å². The third-order valence-corrected chi connectivity index (χ3v) is 5.32. The van der Waals surface area contributed by atoms with Gasteiger partial charge in [-0.05, 0) is 19.9 Å². The van der Waals surface area contributed by atoms with Gasteiger partial charge in [-0.2, -0.15) is 0 Å². The molecular formula is C12H13N3O3S2. The number of thiazole rings is 1. The quantitative estimate of drug-likeness (QED) is 0.515. The van der Waals surface area contributed by atoms with Crippen molar-refractivity contribution >= 4 is 32.8 Å². The summed E-state index contributed by atoms with van der Waals surface area (Å²) in [5.41, 5.74) is 1.19. The van der Waals surface area contributed by atoms with E-state index in [0.717, 1.165) is 11.3 Å². The lowest BCUT2D eigenvalue weighted by Gasteiger charge is -2.10. The molecule has 0 aliphatic heterocycles. The van der Waals surface area contributed by atoms with Crippen LogP contribution in [0.2, 0.25) is 0 Å². The number of para-hydroxylation sites is 1. The summed E-state index contributed by atoms with van der Waals surface area (Å²) in [5, 5.41) is 12.6. The molecule has 2 aromatic rings. The molecule has 0 saturated carbocycles. The van der Waals surface area contributed by atoms with Crippen molar-refractivity contribution in [2.75, 3.05) is 4.72 Å². The van der Waals surface area contributed by atoms with E-state index >= 15 is 0 Å². The van der Waals surface area contributed by atoms with Crippen molar-refractivity contribution in [3.05, 3.63) is 41.0 Å². The van der Waals surface area contributed by atoms with Crippen molar-refractivity contribution in [2.45, 2.75) is 18.1 Å². The lowest BCUT2D eigenvalue weighted by Crippen LogP contribution is -2.14. The first-order valence-electron chi connectivity index (χ1n) is 5.67. The Hall–Kier alpha value is -1.93. The molecule has 2 rings (SSSR count). The lowest BCUT2D eigenvalue weighted by atomic mass is 10.1. The van der Waals surface area contributed by atoms with Crippen LogP contribution in [0.25, 0.3) is 0 Å². The van der Waals surface area contributed by atoms with Crippen LogP contribution in [-0.2, 0) is 10.0 Å². The maximum atomic E-state index is 12.2. The second-order valence-electron chi connectivity index (χ2n) is 4.03. The standard InChI is InChI=1S/C12H13N3O3S2/c1-8(14-16)10-5-3-4-6-11(10)15-20(17,18)12-7-13-9(2)19-12/h3-7,15-16H,1-2H3/b14-8-. The van der Waals surface area contributed by atoms with Crippen molar-refractivity contribution in [2.24, 2.45) is 5.16 Å². The molecule has 0 unspecified atom stereocenters. The van der Waals surface area contributed by atoms with Gasteiger partial charge in [0.15, 0.2) is 4.21 Å². The molecule has 6 nitrogen and oxygen atoms in total. The van der Waals surface area contributed by atoms with Crippen LogP contribution in [0.5, 0.6) is 0 Å². The van der Waals surface area contributed by atoms with Gasteiger partial charge in [0.05, 0.1) is 22.6 Å². The summed E-state index contributed by atoms with van der Waals surface area (Å²) in [6, 6.07) is 6.71. The van der Waals surface area contributed by atoms with Crippen molar-refractivity contribution in [3.8, 4) is 0 Å². The first kappa shape index (κ1) is 14.5. The minimum absolute atomic E-state index is 0.142. The number of nitrogens with one attached hydrogen (secondary N) is 1. The summed E-state index contributed by atoms with van der Waals surface area (Å²) in [7, 11) is -3.69. The van der Waals surface area contributed by atoms with Crippen LogP contribution in [0.1, 0.15) is 17.5 Å². The largest absolute Gasteiger partial charge is 0.411 e. The third-order valence-electron chi connectivity index (χ3n) is 2.58. The normalized spacial score (nSPS) is 12.4. The highest BCUT2D eigenvalue weighted by molar-refractivity contribution is 7.94. The summed E-state index contributed by atoms with van der Waals surface area (Å²) in [6.07, 6.45) is 1.32. The van der Waals surface area contributed by atoms with Crippen molar-refractivity contribution in [1.29, 1.82) is 0 Å². The van der Waals surface area contributed by atoms with Crippen LogP contribution in [-0.4, -0.2) is 24.3 Å². The Kier molecular flexibility index (Phi) is 4.05. The van der Waals surface area contributed by atoms with E-state index in [4.69, 9.17) is 5.21 Å². The molecule has 1 aromatic heterocycles. The highest BCUT2D eigenvalue weighted by atomic mass is 32.2. The van der Waals surface area contributed by atoms with E-state index in [0.29, 0.717) is 22.0 Å². The molecule has 0 fully saturated rings. The van der Waals surface area contributed by atoms with Crippen LogP contribution in [0.3, 0.4) is 0 Å². The highest BCUT2D eigenvalue weighted by Crippen LogP contribution is 2.23. The number of rotatable bonds is 4. The van der Waals surface area contributed by atoms with Crippen LogP contribution in [0.15, 0.2) is 39.8 Å². The molecule has 0 atom stereocenters. The molecule has 0 radical (unpaired) electrons. The van der Waals surface area contributed by atoms with Gasteiger partial charge in [-0.1, -0.05) is 23.4 Å². The molecule has 20 heavy (non-hydrogen) atoms. The van der Waals surface area contributed by atoms with Gasteiger partial charge in [-0.3, -0.25) is 4.72 Å². The second kappa shape index (κ2) is 5.59. The average molecular weight is 311 g/mol. The summed E-state index contributed by atoms with van der Waals surface area (Å²) in [6.45, 7) is 3.32. The van der Waals surface area contributed by atoms with E-state index in [2.05, 4.69) is 14.9 Å². The maximum absolute atomic E-state index is 12.2. The van der Waals surface area contributed by atoms with Gasteiger partial charge in [-0.25, -0.2) is 13.4 Å². The van der Waals surface area contributed by atoms with Gasteiger partial charge in [0, 0.05) is 5.56 Å². The van der Waals surface area contributed by atoms with E-state index < -0.39 is 10.0 Å². The molecule has 0 amide bonds. The minimum Gasteiger partial charge on any atom is -0.411 e. The lowest BCUT2D eigenvalue weighted by molar-refractivity contribution is 0.319. The molecule has 1 heterocycles. The van der Waals surface area contributed by atoms with E-state index in [1.807, 2.05) is 0 Å². The highest BCUT2D eigenvalue weighted by Gasteiger charge is 2.19. The molecule has 1 aromatic carbocycles. The minimum atomic E-state index is -3.69. The average Bonchev–Trinajstić information content (AvgIpc) is 2.86. The van der Waals surface area contributed by atoms with Crippen LogP contribution in [0, 0.1) is 6.92 Å². The Morgan fingerprint density at radius 1 is 1.40 bits per heavy atom. The van der Waals surface area contributed by atoms with Crippen molar-refractivity contribution in [1.82, 2.24) is 4.98 Å². The van der Waals surface area contributed by atoms with Gasteiger partial charge in [0.25, 0.3) is 10.0 Å². The monoisotopic (exact) mass is 311 g/mol. The molecule has 0 saturated heterocycles. The first-order chi connectivity index (χ1) is 9.44. The summed E-state index contributed by atoms with van der Waals surface area (Å²) in [4.78, 5) is 3.93. The Labute approximate surface area is 120 Å². The van der Waals surface area contributed by atoms with Crippen LogP contribution >= 0.6 is 11.3 Å². The van der Waals surface area contributed by atoms with Crippen molar-refractivity contribution in [3.63, 3.8) is 0 Å². The van der Waals surface area contributed by atoms with Crippen LogP contribution in [0.4, 0.5) is 5.69 Å². The summed E-state index contributed by atoms with van der Waals surface area (Å²) >= 11 is 1.09. The topological polar surface area (TPSA) is 91.7 Å². The first-order valence-corrected chi connectivity index (χ1v) is 7.97. The van der Waals surface area contributed by atoms with Gasteiger partial charge in [0.1, 0.15) is 0 Å². The number of anilines is 1. The van der Waals surface area contributed by atoms with Gasteiger partial charge < -0.3 is 5.21 Å². The summed E-state index contributed by atoms with van der Waals surface area (Å²) in [5.74, 6) is 0. The van der Waals surface area contributed by atoms with E-state index in [1.54, 1.807) is 38.1 Å². The number of benzene rings is 1. The van der Waals surface area contributed by atoms with Crippen molar-refractivity contribution < 1.29 is 13.6 Å². The third kappa shape index (κ3) is 2.97. The Morgan fingerprint density at radius 3 is 2.70 bits per heavy atom. The molecular weight excluding hydrogens is 298 g/mol. The zero-order chi connectivity index (χ0) is 14.8. The van der Waals surface area contributed by atoms with E-state index in [9.17, 15) is 8.42 Å². The van der Waals surface area contributed by atoms with Crippen LogP contribution < -0.4 is 4.72 Å². The number of hydrogen-bond acceptors (Lipinski definition) is 6. The molecule has 8 heteroatoms. The van der Waals surface area contributed by atoms with E-state index in [-0.39, 0.29) is 4.21 Å². The number of aromatic nitrogens is 1. The molecule has 0 aliphatic rings. The molecule has 106 valence electrons.